The minimum Gasteiger partial charge on any atom is -0.265 e. The zero-order valence-corrected chi connectivity index (χ0v) is 20.5. The van der Waals surface area contributed by atoms with Crippen LogP contribution in [0.5, 0.6) is 0 Å². The van der Waals surface area contributed by atoms with Crippen LogP contribution in [0.4, 0.5) is 0 Å². The third-order valence-electron chi connectivity index (χ3n) is 4.33. The van der Waals surface area contributed by atoms with Gasteiger partial charge in [0, 0.05) is 29.7 Å². The van der Waals surface area contributed by atoms with Crippen molar-refractivity contribution in [2.24, 2.45) is 0 Å². The summed E-state index contributed by atoms with van der Waals surface area (Å²) in [6.45, 7) is 19.8. The van der Waals surface area contributed by atoms with E-state index in [0.29, 0.717) is 5.41 Å². The van der Waals surface area contributed by atoms with E-state index in [4.69, 9.17) is 0 Å². The Kier molecular flexibility index (Phi) is 9.22. The minimum atomic E-state index is 0.230. The number of thiophene rings is 1. The zero-order valence-electron chi connectivity index (χ0n) is 19.7. The van der Waals surface area contributed by atoms with Crippen LogP contribution in [0.3, 0.4) is 0 Å². The van der Waals surface area contributed by atoms with Crippen molar-refractivity contribution in [3.8, 4) is 0 Å². The van der Waals surface area contributed by atoms with Gasteiger partial charge < -0.3 is 0 Å². The first-order chi connectivity index (χ1) is 13.3. The molecule has 0 spiro atoms. The maximum Gasteiger partial charge on any atom is 0.0305 e. The predicted octanol–water partition coefficient (Wildman–Crippen LogP) is 7.80. The van der Waals surface area contributed by atoms with Gasteiger partial charge in [-0.25, -0.2) is 0 Å². The smallest absolute Gasteiger partial charge is 0.0305 e. The van der Waals surface area contributed by atoms with Gasteiger partial charge in [-0.15, -0.1) is 11.3 Å². The van der Waals surface area contributed by atoms with Crippen LogP contribution in [-0.2, 0) is 16.2 Å². The van der Waals surface area contributed by atoms with Gasteiger partial charge in [0.05, 0.1) is 0 Å². The number of hydrogen-bond donors (Lipinski definition) is 0. The van der Waals surface area contributed by atoms with E-state index in [1.807, 2.05) is 36.0 Å². The standard InChI is InChI=1S/2C9H13N.C8H12S/c1-9(2,3)8-4-6-10-7-5-8;1-9(2,3)8-5-4-6-10-7-8;1-8(2,3)7-5-4-6-9-7/h2*4-7H,1-3H3;4-6H,1-3H3. The van der Waals surface area contributed by atoms with Crippen LogP contribution in [0.15, 0.2) is 66.6 Å². The van der Waals surface area contributed by atoms with Gasteiger partial charge in [0.25, 0.3) is 0 Å². The molecule has 0 aliphatic carbocycles. The van der Waals surface area contributed by atoms with E-state index in [9.17, 15) is 0 Å². The van der Waals surface area contributed by atoms with Crippen molar-refractivity contribution in [1.29, 1.82) is 0 Å². The maximum atomic E-state index is 4.05. The van der Waals surface area contributed by atoms with Gasteiger partial charge in [-0.3, -0.25) is 9.97 Å². The van der Waals surface area contributed by atoms with Gasteiger partial charge in [0.2, 0.25) is 0 Å². The molecule has 3 heterocycles. The van der Waals surface area contributed by atoms with E-state index in [2.05, 4.69) is 108 Å². The molecule has 0 atom stereocenters. The van der Waals surface area contributed by atoms with E-state index in [1.54, 1.807) is 6.20 Å². The molecule has 158 valence electrons. The summed E-state index contributed by atoms with van der Waals surface area (Å²) in [5.41, 5.74) is 3.45. The number of pyridine rings is 2. The third kappa shape index (κ3) is 9.85. The Hall–Kier alpha value is -2.00. The van der Waals surface area contributed by atoms with Crippen LogP contribution in [0.1, 0.15) is 78.3 Å². The molecule has 3 aromatic rings. The van der Waals surface area contributed by atoms with Gasteiger partial charge >= 0.3 is 0 Å². The molecular weight excluding hydrogens is 372 g/mol. The Bertz CT molecular complexity index is 738. The summed E-state index contributed by atoms with van der Waals surface area (Å²) < 4.78 is 0. The summed E-state index contributed by atoms with van der Waals surface area (Å²) in [4.78, 5) is 9.47. The summed E-state index contributed by atoms with van der Waals surface area (Å²) in [5.74, 6) is 0. The summed E-state index contributed by atoms with van der Waals surface area (Å²) in [6.07, 6.45) is 7.39. The Labute approximate surface area is 182 Å². The van der Waals surface area contributed by atoms with Crippen LogP contribution in [0, 0.1) is 0 Å². The van der Waals surface area contributed by atoms with Crippen molar-refractivity contribution >= 4 is 11.3 Å². The molecule has 0 radical (unpaired) electrons. The Morgan fingerprint density at radius 2 is 1.17 bits per heavy atom. The molecule has 0 fully saturated rings. The van der Waals surface area contributed by atoms with Crippen molar-refractivity contribution in [2.75, 3.05) is 0 Å². The minimum absolute atomic E-state index is 0.230. The van der Waals surface area contributed by atoms with Gasteiger partial charge in [0.15, 0.2) is 0 Å². The molecule has 0 N–H and O–H groups in total. The Morgan fingerprint density at radius 3 is 1.45 bits per heavy atom. The van der Waals surface area contributed by atoms with Crippen molar-refractivity contribution < 1.29 is 0 Å². The quantitative estimate of drug-likeness (QED) is 0.378. The SMILES string of the molecule is CC(C)(C)c1cccnc1.CC(C)(C)c1cccs1.CC(C)(C)c1ccncc1. The van der Waals surface area contributed by atoms with Crippen LogP contribution in [-0.4, -0.2) is 9.97 Å². The fourth-order valence-corrected chi connectivity index (χ4v) is 3.18. The largest absolute Gasteiger partial charge is 0.265 e. The molecule has 0 aromatic carbocycles. The van der Waals surface area contributed by atoms with Crippen LogP contribution in [0.25, 0.3) is 0 Å². The van der Waals surface area contributed by atoms with Gasteiger partial charge in [-0.2, -0.15) is 0 Å². The molecule has 3 heteroatoms. The monoisotopic (exact) mass is 410 g/mol. The van der Waals surface area contributed by atoms with E-state index in [1.165, 1.54) is 16.0 Å². The van der Waals surface area contributed by atoms with E-state index >= 15 is 0 Å². The lowest BCUT2D eigenvalue weighted by Gasteiger charge is -2.17. The highest BCUT2D eigenvalue weighted by Gasteiger charge is 2.13. The summed E-state index contributed by atoms with van der Waals surface area (Å²) in [5, 5.41) is 2.13. The fourth-order valence-electron chi connectivity index (χ4n) is 2.36. The molecule has 3 aromatic heterocycles. The molecule has 0 saturated carbocycles. The molecule has 0 bridgehead atoms. The molecule has 0 aliphatic heterocycles. The number of aromatic nitrogens is 2. The highest BCUT2D eigenvalue weighted by molar-refractivity contribution is 7.10. The molecule has 0 unspecified atom stereocenters. The Morgan fingerprint density at radius 1 is 0.586 bits per heavy atom. The first-order valence-electron chi connectivity index (χ1n) is 10.2. The normalized spacial score (nSPS) is 11.6. The molecule has 3 rings (SSSR count). The number of rotatable bonds is 0. The first kappa shape index (κ1) is 25.0. The Balaban J connectivity index is 0.000000218. The zero-order chi connectivity index (χ0) is 22.1. The molecule has 29 heavy (non-hydrogen) atoms. The second kappa shape index (κ2) is 10.7. The lowest BCUT2D eigenvalue weighted by Crippen LogP contribution is -2.10. The second-order valence-electron chi connectivity index (χ2n) is 10.2. The number of hydrogen-bond acceptors (Lipinski definition) is 3. The lowest BCUT2D eigenvalue weighted by molar-refractivity contribution is 0.587. The summed E-state index contributed by atoms with van der Waals surface area (Å²) in [6, 6.07) is 12.5. The summed E-state index contributed by atoms with van der Waals surface area (Å²) in [7, 11) is 0. The predicted molar refractivity (Wildman–Crippen MR) is 129 cm³/mol. The highest BCUT2D eigenvalue weighted by Crippen LogP contribution is 2.26. The van der Waals surface area contributed by atoms with E-state index < -0.39 is 0 Å². The van der Waals surface area contributed by atoms with Gasteiger partial charge in [-0.1, -0.05) is 74.4 Å². The maximum absolute atomic E-state index is 4.05. The van der Waals surface area contributed by atoms with Crippen molar-refractivity contribution in [3.63, 3.8) is 0 Å². The van der Waals surface area contributed by atoms with E-state index in [0.717, 1.165) is 0 Å². The van der Waals surface area contributed by atoms with Crippen LogP contribution >= 0.6 is 11.3 Å². The summed E-state index contributed by atoms with van der Waals surface area (Å²) >= 11 is 1.83. The molecule has 0 amide bonds. The highest BCUT2D eigenvalue weighted by atomic mass is 32.1. The van der Waals surface area contributed by atoms with E-state index in [-0.39, 0.29) is 10.8 Å². The molecule has 2 nitrogen and oxygen atoms in total. The molecule has 0 saturated heterocycles. The average molecular weight is 411 g/mol. The van der Waals surface area contributed by atoms with Gasteiger partial charge in [-0.05, 0) is 57.0 Å². The first-order valence-corrected chi connectivity index (χ1v) is 11.0. The van der Waals surface area contributed by atoms with Crippen LogP contribution < -0.4 is 0 Å². The topological polar surface area (TPSA) is 25.8 Å². The molecular formula is C26H38N2S. The average Bonchev–Trinajstić information content (AvgIpc) is 3.18. The van der Waals surface area contributed by atoms with Crippen LogP contribution in [0.2, 0.25) is 0 Å². The number of nitrogens with zero attached hydrogens (tertiary/aromatic N) is 2. The van der Waals surface area contributed by atoms with Crippen molar-refractivity contribution in [2.45, 2.75) is 78.6 Å². The van der Waals surface area contributed by atoms with Crippen molar-refractivity contribution in [3.05, 3.63) is 82.6 Å². The van der Waals surface area contributed by atoms with Crippen molar-refractivity contribution in [1.82, 2.24) is 9.97 Å². The lowest BCUT2D eigenvalue weighted by atomic mass is 9.88. The van der Waals surface area contributed by atoms with Gasteiger partial charge in [0.1, 0.15) is 0 Å². The third-order valence-corrected chi connectivity index (χ3v) is 5.63. The second-order valence-corrected chi connectivity index (χ2v) is 11.2. The fraction of sp³-hybridized carbons (Fsp3) is 0.462. The molecule has 0 aliphatic rings.